The van der Waals surface area contributed by atoms with Crippen LogP contribution < -0.4 is 10.9 Å². The minimum absolute atomic E-state index is 0.237. The van der Waals surface area contributed by atoms with Gasteiger partial charge in [-0.25, -0.2) is 4.79 Å². The minimum atomic E-state index is -1.31. The van der Waals surface area contributed by atoms with Gasteiger partial charge in [0.05, 0.1) is 0 Å². The molecule has 1 amide bonds. The summed E-state index contributed by atoms with van der Waals surface area (Å²) in [5.74, 6) is -1.69. The van der Waals surface area contributed by atoms with Gasteiger partial charge in [0, 0.05) is 11.4 Å². The van der Waals surface area contributed by atoms with Crippen LogP contribution in [-0.4, -0.2) is 21.6 Å². The molecule has 2 rings (SSSR count). The van der Waals surface area contributed by atoms with Crippen molar-refractivity contribution >= 4 is 17.6 Å². The molecule has 0 radical (unpaired) electrons. The molecule has 0 fully saturated rings. The number of amides is 1. The van der Waals surface area contributed by atoms with Crippen LogP contribution in [0.4, 0.5) is 5.69 Å². The maximum absolute atomic E-state index is 12.2. The Morgan fingerprint density at radius 3 is 2.48 bits per heavy atom. The lowest BCUT2D eigenvalue weighted by Gasteiger charge is -2.13. The maximum Gasteiger partial charge on any atom is 0.341 e. The van der Waals surface area contributed by atoms with Crippen LogP contribution in [0, 0.1) is 20.8 Å². The van der Waals surface area contributed by atoms with Gasteiger partial charge in [-0.2, -0.15) is 0 Å². The fourth-order valence-corrected chi connectivity index (χ4v) is 2.23. The van der Waals surface area contributed by atoms with E-state index in [9.17, 15) is 14.4 Å². The Labute approximate surface area is 133 Å². The Bertz CT molecular complexity index is 837. The van der Waals surface area contributed by atoms with Crippen molar-refractivity contribution in [2.24, 2.45) is 0 Å². The molecule has 0 aliphatic rings. The molecule has 0 saturated carbocycles. The van der Waals surface area contributed by atoms with Crippen LogP contribution in [-0.2, 0) is 11.3 Å². The molecule has 0 atom stereocenters. The van der Waals surface area contributed by atoms with E-state index in [-0.39, 0.29) is 18.0 Å². The molecule has 1 heterocycles. The number of rotatable bonds is 4. The quantitative estimate of drug-likeness (QED) is 0.904. The summed E-state index contributed by atoms with van der Waals surface area (Å²) < 4.78 is 1.16. The molecule has 6 heteroatoms. The number of aromatic carboxylic acids is 1. The third-order valence-electron chi connectivity index (χ3n) is 3.59. The first-order chi connectivity index (χ1) is 10.8. The zero-order valence-electron chi connectivity index (χ0n) is 13.2. The molecular formula is C17H18N2O4. The van der Waals surface area contributed by atoms with E-state index >= 15 is 0 Å². The Kier molecular flexibility index (Phi) is 4.64. The SMILES string of the molecule is Cc1ccc(C)c(NC(=O)Cn2c(C)ccc(C(=O)O)c2=O)c1. The summed E-state index contributed by atoms with van der Waals surface area (Å²) in [6, 6.07) is 8.44. The molecule has 6 nitrogen and oxygen atoms in total. The molecule has 2 aromatic rings. The number of aromatic nitrogens is 1. The summed E-state index contributed by atoms with van der Waals surface area (Å²) in [7, 11) is 0. The van der Waals surface area contributed by atoms with Crippen LogP contribution in [0.2, 0.25) is 0 Å². The van der Waals surface area contributed by atoms with Gasteiger partial charge >= 0.3 is 5.97 Å². The average molecular weight is 314 g/mol. The molecule has 0 unspecified atom stereocenters. The van der Waals surface area contributed by atoms with Gasteiger partial charge in [-0.3, -0.25) is 9.59 Å². The number of benzene rings is 1. The maximum atomic E-state index is 12.2. The number of carboxylic acids is 1. The van der Waals surface area contributed by atoms with E-state index in [0.29, 0.717) is 11.4 Å². The van der Waals surface area contributed by atoms with Gasteiger partial charge in [-0.1, -0.05) is 12.1 Å². The smallest absolute Gasteiger partial charge is 0.341 e. The van der Waals surface area contributed by atoms with Crippen molar-refractivity contribution < 1.29 is 14.7 Å². The van der Waals surface area contributed by atoms with E-state index in [4.69, 9.17) is 5.11 Å². The summed E-state index contributed by atoms with van der Waals surface area (Å²) in [5, 5.41) is 11.8. The zero-order chi connectivity index (χ0) is 17.1. The van der Waals surface area contributed by atoms with Gasteiger partial charge in [0.15, 0.2) is 0 Å². The summed E-state index contributed by atoms with van der Waals surface area (Å²) >= 11 is 0. The molecule has 0 bridgehead atoms. The second-order valence-corrected chi connectivity index (χ2v) is 5.45. The van der Waals surface area contributed by atoms with E-state index in [2.05, 4.69) is 5.32 Å². The summed E-state index contributed by atoms with van der Waals surface area (Å²) in [4.78, 5) is 35.4. The number of nitrogens with one attached hydrogen (secondary N) is 1. The second-order valence-electron chi connectivity index (χ2n) is 5.45. The van der Waals surface area contributed by atoms with Crippen LogP contribution in [0.1, 0.15) is 27.2 Å². The normalized spacial score (nSPS) is 10.4. The highest BCUT2D eigenvalue weighted by molar-refractivity contribution is 5.92. The first-order valence-electron chi connectivity index (χ1n) is 7.10. The summed E-state index contributed by atoms with van der Waals surface area (Å²) in [5.41, 5.74) is 2.08. The van der Waals surface area contributed by atoms with Gasteiger partial charge < -0.3 is 15.0 Å². The Balaban J connectivity index is 2.27. The lowest BCUT2D eigenvalue weighted by atomic mass is 10.1. The van der Waals surface area contributed by atoms with Gasteiger partial charge in [0.25, 0.3) is 5.56 Å². The highest BCUT2D eigenvalue weighted by atomic mass is 16.4. The van der Waals surface area contributed by atoms with Crippen LogP contribution in [0.15, 0.2) is 35.1 Å². The molecular weight excluding hydrogens is 296 g/mol. The first kappa shape index (κ1) is 16.5. The number of carboxylic acid groups (broad SMARTS) is 1. The fourth-order valence-electron chi connectivity index (χ4n) is 2.23. The molecule has 120 valence electrons. The monoisotopic (exact) mass is 314 g/mol. The van der Waals surface area contributed by atoms with Crippen LogP contribution in [0.25, 0.3) is 0 Å². The number of hydrogen-bond donors (Lipinski definition) is 2. The Morgan fingerprint density at radius 1 is 1.13 bits per heavy atom. The minimum Gasteiger partial charge on any atom is -0.477 e. The second kappa shape index (κ2) is 6.48. The molecule has 2 N–H and O–H groups in total. The lowest BCUT2D eigenvalue weighted by Crippen LogP contribution is -2.32. The average Bonchev–Trinajstić information content (AvgIpc) is 2.47. The predicted octanol–water partition coefficient (Wildman–Crippen LogP) is 2.11. The number of hydrogen-bond acceptors (Lipinski definition) is 3. The summed E-state index contributed by atoms with van der Waals surface area (Å²) in [6.07, 6.45) is 0. The lowest BCUT2D eigenvalue weighted by molar-refractivity contribution is -0.116. The van der Waals surface area contributed by atoms with Crippen molar-refractivity contribution in [3.8, 4) is 0 Å². The Hall–Kier alpha value is -2.89. The van der Waals surface area contributed by atoms with Crippen LogP contribution in [0.5, 0.6) is 0 Å². The van der Waals surface area contributed by atoms with Crippen molar-refractivity contribution in [2.45, 2.75) is 27.3 Å². The highest BCUT2D eigenvalue weighted by Gasteiger charge is 2.15. The van der Waals surface area contributed by atoms with E-state index in [1.54, 1.807) is 6.92 Å². The van der Waals surface area contributed by atoms with Gasteiger partial charge in [0.2, 0.25) is 5.91 Å². The van der Waals surface area contributed by atoms with E-state index in [1.807, 2.05) is 32.0 Å². The van der Waals surface area contributed by atoms with Crippen LogP contribution >= 0.6 is 0 Å². The fraction of sp³-hybridized carbons (Fsp3) is 0.235. The Morgan fingerprint density at radius 2 is 1.83 bits per heavy atom. The summed E-state index contributed by atoms with van der Waals surface area (Å²) in [6.45, 7) is 5.20. The number of carbonyl (C=O) groups is 2. The van der Waals surface area contributed by atoms with Crippen molar-refractivity contribution in [1.29, 1.82) is 0 Å². The molecule has 0 spiro atoms. The molecule has 0 saturated heterocycles. The number of carbonyl (C=O) groups excluding carboxylic acids is 1. The topological polar surface area (TPSA) is 88.4 Å². The predicted molar refractivity (Wildman–Crippen MR) is 86.9 cm³/mol. The first-order valence-corrected chi connectivity index (χ1v) is 7.10. The third-order valence-corrected chi connectivity index (χ3v) is 3.59. The van der Waals surface area contributed by atoms with Gasteiger partial charge in [0.1, 0.15) is 12.1 Å². The van der Waals surface area contributed by atoms with Crippen LogP contribution in [0.3, 0.4) is 0 Å². The zero-order valence-corrected chi connectivity index (χ0v) is 13.2. The largest absolute Gasteiger partial charge is 0.477 e. The molecule has 1 aromatic heterocycles. The number of anilines is 1. The van der Waals surface area contributed by atoms with Crippen molar-refractivity contribution in [3.63, 3.8) is 0 Å². The van der Waals surface area contributed by atoms with Gasteiger partial charge in [-0.15, -0.1) is 0 Å². The molecule has 1 aromatic carbocycles. The van der Waals surface area contributed by atoms with Crippen molar-refractivity contribution in [1.82, 2.24) is 4.57 Å². The number of nitrogens with zero attached hydrogens (tertiary/aromatic N) is 1. The van der Waals surface area contributed by atoms with Gasteiger partial charge in [-0.05, 0) is 50.1 Å². The van der Waals surface area contributed by atoms with E-state index in [1.165, 1.54) is 12.1 Å². The van der Waals surface area contributed by atoms with E-state index in [0.717, 1.165) is 15.7 Å². The standard InChI is InChI=1S/C17H18N2O4/c1-10-4-5-11(2)14(8-10)18-15(20)9-19-12(3)6-7-13(16(19)21)17(22)23/h4-8H,9H2,1-3H3,(H,18,20)(H,22,23). The molecule has 0 aliphatic carbocycles. The number of aryl methyl sites for hydroxylation is 3. The third kappa shape index (κ3) is 3.66. The number of pyridine rings is 1. The van der Waals surface area contributed by atoms with Crippen molar-refractivity contribution in [3.05, 3.63) is 63.1 Å². The van der Waals surface area contributed by atoms with E-state index < -0.39 is 11.5 Å². The molecule has 0 aliphatic heterocycles. The highest BCUT2D eigenvalue weighted by Crippen LogP contribution is 2.16. The van der Waals surface area contributed by atoms with Crippen molar-refractivity contribution in [2.75, 3.05) is 5.32 Å². The molecule has 23 heavy (non-hydrogen) atoms.